The third-order valence-corrected chi connectivity index (χ3v) is 5.98. The van der Waals surface area contributed by atoms with E-state index >= 15 is 0 Å². The standard InChI is InChI=1S/C26H32N2O6/c1-25(2,3)34-24(30)27-18-8-11-21(27)16-17-26(4,20-9-6-5-7-10-20)33-23(29)19-12-14-22(15-13-19)28(31)32/h5-7,9-10,12-15,21H,8,11,16-18H2,1-4H3/t21-,26?/m0/s1. The Hall–Kier alpha value is -3.42. The molecule has 0 spiro atoms. The van der Waals surface area contributed by atoms with E-state index < -0.39 is 22.1 Å². The van der Waals surface area contributed by atoms with Crippen molar-refractivity contribution in [2.75, 3.05) is 6.54 Å². The maximum Gasteiger partial charge on any atom is 0.410 e. The van der Waals surface area contributed by atoms with Gasteiger partial charge in [0.1, 0.15) is 11.2 Å². The molecule has 2 aromatic carbocycles. The van der Waals surface area contributed by atoms with Crippen LogP contribution in [0.2, 0.25) is 0 Å². The van der Waals surface area contributed by atoms with Crippen molar-refractivity contribution in [1.82, 2.24) is 4.90 Å². The van der Waals surface area contributed by atoms with Crippen molar-refractivity contribution < 1.29 is 24.0 Å². The summed E-state index contributed by atoms with van der Waals surface area (Å²) < 4.78 is 11.6. The Balaban J connectivity index is 1.76. The number of non-ortho nitro benzene ring substituents is 1. The summed E-state index contributed by atoms with van der Waals surface area (Å²) >= 11 is 0. The van der Waals surface area contributed by atoms with Gasteiger partial charge in [-0.2, -0.15) is 0 Å². The van der Waals surface area contributed by atoms with Gasteiger partial charge in [0.25, 0.3) is 5.69 Å². The van der Waals surface area contributed by atoms with Crippen molar-refractivity contribution >= 4 is 17.7 Å². The van der Waals surface area contributed by atoms with E-state index in [1.165, 1.54) is 24.3 Å². The van der Waals surface area contributed by atoms with Crippen molar-refractivity contribution in [3.63, 3.8) is 0 Å². The number of carbonyl (C=O) groups is 2. The number of esters is 1. The zero-order chi connectivity index (χ0) is 24.9. The SMILES string of the molecule is CC(C)(C)OC(=O)N1CCC[C@H]1CCC(C)(OC(=O)c1ccc([N+](=O)[O-])cc1)c1ccccc1. The van der Waals surface area contributed by atoms with Crippen molar-refractivity contribution in [2.24, 2.45) is 0 Å². The van der Waals surface area contributed by atoms with E-state index in [9.17, 15) is 19.7 Å². The van der Waals surface area contributed by atoms with E-state index in [1.54, 1.807) is 4.90 Å². The van der Waals surface area contributed by atoms with Gasteiger partial charge in [0.15, 0.2) is 0 Å². The van der Waals surface area contributed by atoms with E-state index in [2.05, 4.69) is 0 Å². The van der Waals surface area contributed by atoms with Crippen LogP contribution in [0, 0.1) is 10.1 Å². The van der Waals surface area contributed by atoms with Crippen LogP contribution in [0.3, 0.4) is 0 Å². The molecule has 1 aliphatic rings. The first kappa shape index (κ1) is 25.2. The first-order chi connectivity index (χ1) is 16.0. The van der Waals surface area contributed by atoms with Gasteiger partial charge in [-0.15, -0.1) is 0 Å². The summed E-state index contributed by atoms with van der Waals surface area (Å²) in [6, 6.07) is 14.8. The van der Waals surface area contributed by atoms with Crippen LogP contribution in [0.1, 0.15) is 69.3 Å². The number of benzene rings is 2. The summed E-state index contributed by atoms with van der Waals surface area (Å²) in [5.74, 6) is -0.559. The molecule has 0 aromatic heterocycles. The van der Waals surface area contributed by atoms with E-state index in [4.69, 9.17) is 9.47 Å². The summed E-state index contributed by atoms with van der Waals surface area (Å²) in [6.07, 6.45) is 2.58. The number of nitro benzene ring substituents is 1. The maximum atomic E-state index is 13.0. The number of likely N-dealkylation sites (tertiary alicyclic amines) is 1. The molecule has 1 aliphatic heterocycles. The van der Waals surface area contributed by atoms with Crippen LogP contribution in [0.25, 0.3) is 0 Å². The number of hydrogen-bond acceptors (Lipinski definition) is 6. The predicted molar refractivity (Wildman–Crippen MR) is 128 cm³/mol. The first-order valence-corrected chi connectivity index (χ1v) is 11.5. The summed E-state index contributed by atoms with van der Waals surface area (Å²) in [7, 11) is 0. The van der Waals surface area contributed by atoms with E-state index in [0.29, 0.717) is 19.4 Å². The third kappa shape index (κ3) is 6.34. The molecule has 3 rings (SSSR count). The van der Waals surface area contributed by atoms with E-state index in [0.717, 1.165) is 18.4 Å². The second kappa shape index (κ2) is 10.2. The molecule has 0 saturated carbocycles. The molecule has 1 fully saturated rings. The van der Waals surface area contributed by atoms with Crippen molar-refractivity contribution in [1.29, 1.82) is 0 Å². The summed E-state index contributed by atoms with van der Waals surface area (Å²) in [6.45, 7) is 8.04. The quantitative estimate of drug-likeness (QED) is 0.287. The van der Waals surface area contributed by atoms with Crippen molar-refractivity contribution in [3.8, 4) is 0 Å². The average Bonchev–Trinajstić information content (AvgIpc) is 3.26. The monoisotopic (exact) mass is 468 g/mol. The number of amides is 1. The molecule has 8 nitrogen and oxygen atoms in total. The van der Waals surface area contributed by atoms with Gasteiger partial charge in [-0.25, -0.2) is 9.59 Å². The molecule has 1 amide bonds. The Labute approximate surface area is 200 Å². The molecule has 2 atom stereocenters. The number of ether oxygens (including phenoxy) is 2. The predicted octanol–water partition coefficient (Wildman–Crippen LogP) is 5.85. The smallest absolute Gasteiger partial charge is 0.410 e. The molecule has 0 bridgehead atoms. The number of nitrogens with zero attached hydrogens (tertiary/aromatic N) is 2. The second-order valence-electron chi connectivity index (χ2n) is 9.80. The van der Waals surface area contributed by atoms with Gasteiger partial charge in [0.2, 0.25) is 0 Å². The normalized spacial score (nSPS) is 17.6. The second-order valence-corrected chi connectivity index (χ2v) is 9.80. The zero-order valence-corrected chi connectivity index (χ0v) is 20.2. The van der Waals surface area contributed by atoms with Gasteiger partial charge >= 0.3 is 12.1 Å². The lowest BCUT2D eigenvalue weighted by atomic mass is 9.88. The molecule has 1 heterocycles. The lowest BCUT2D eigenvalue weighted by Gasteiger charge is -2.33. The fourth-order valence-corrected chi connectivity index (χ4v) is 4.17. The summed E-state index contributed by atoms with van der Waals surface area (Å²) in [4.78, 5) is 37.8. The topological polar surface area (TPSA) is 99.0 Å². The average molecular weight is 469 g/mol. The van der Waals surface area contributed by atoms with Crippen LogP contribution in [0.15, 0.2) is 54.6 Å². The molecule has 0 N–H and O–H groups in total. The molecule has 8 heteroatoms. The Kier molecular flexibility index (Phi) is 7.59. The molecule has 1 saturated heterocycles. The lowest BCUT2D eigenvalue weighted by molar-refractivity contribution is -0.384. The Bertz CT molecular complexity index is 1020. The van der Waals surface area contributed by atoms with Gasteiger partial charge in [-0.1, -0.05) is 30.3 Å². The lowest BCUT2D eigenvalue weighted by Crippen LogP contribution is -2.41. The van der Waals surface area contributed by atoms with Gasteiger partial charge < -0.3 is 14.4 Å². The number of carbonyl (C=O) groups excluding carboxylic acids is 2. The Morgan fingerprint density at radius 2 is 1.68 bits per heavy atom. The fourth-order valence-electron chi connectivity index (χ4n) is 4.17. The Morgan fingerprint density at radius 3 is 2.26 bits per heavy atom. The van der Waals surface area contributed by atoms with Crippen LogP contribution in [-0.4, -0.2) is 40.1 Å². The fraction of sp³-hybridized carbons (Fsp3) is 0.462. The summed E-state index contributed by atoms with van der Waals surface area (Å²) in [5.41, 5.74) is -0.521. The number of hydrogen-bond donors (Lipinski definition) is 0. The summed E-state index contributed by atoms with van der Waals surface area (Å²) in [5, 5.41) is 10.9. The molecule has 182 valence electrons. The molecule has 0 aliphatic carbocycles. The molecule has 1 unspecified atom stereocenters. The number of rotatable bonds is 7. The third-order valence-electron chi connectivity index (χ3n) is 5.98. The highest BCUT2D eigenvalue weighted by molar-refractivity contribution is 5.90. The van der Waals surface area contributed by atoms with Crippen LogP contribution < -0.4 is 0 Å². The minimum absolute atomic E-state index is 0.00374. The molecule has 0 radical (unpaired) electrons. The van der Waals surface area contributed by atoms with Crippen LogP contribution in [-0.2, 0) is 15.1 Å². The van der Waals surface area contributed by atoms with Crippen LogP contribution >= 0.6 is 0 Å². The van der Waals surface area contributed by atoms with Crippen molar-refractivity contribution in [3.05, 3.63) is 75.8 Å². The highest BCUT2D eigenvalue weighted by atomic mass is 16.6. The highest BCUT2D eigenvalue weighted by Crippen LogP contribution is 2.35. The van der Waals surface area contributed by atoms with Crippen molar-refractivity contribution in [2.45, 2.75) is 70.6 Å². The highest BCUT2D eigenvalue weighted by Gasteiger charge is 2.37. The minimum atomic E-state index is -0.942. The number of nitro groups is 1. The van der Waals surface area contributed by atoms with Gasteiger partial charge in [0.05, 0.1) is 10.5 Å². The van der Waals surface area contributed by atoms with E-state index in [-0.39, 0.29) is 23.4 Å². The molecule has 34 heavy (non-hydrogen) atoms. The van der Waals surface area contributed by atoms with Crippen LogP contribution in [0.5, 0.6) is 0 Å². The van der Waals surface area contributed by atoms with Crippen LogP contribution in [0.4, 0.5) is 10.5 Å². The van der Waals surface area contributed by atoms with E-state index in [1.807, 2.05) is 58.0 Å². The molecular formula is C26H32N2O6. The largest absolute Gasteiger partial charge is 0.451 e. The molecule has 2 aromatic rings. The first-order valence-electron chi connectivity index (χ1n) is 11.5. The Morgan fingerprint density at radius 1 is 1.03 bits per heavy atom. The maximum absolute atomic E-state index is 13.0. The zero-order valence-electron chi connectivity index (χ0n) is 20.2. The van der Waals surface area contributed by atoms with Gasteiger partial charge in [-0.05, 0) is 71.1 Å². The minimum Gasteiger partial charge on any atom is -0.451 e. The van der Waals surface area contributed by atoms with Gasteiger partial charge in [-0.3, -0.25) is 10.1 Å². The van der Waals surface area contributed by atoms with Gasteiger partial charge in [0, 0.05) is 24.7 Å². The molecular weight excluding hydrogens is 436 g/mol.